The second-order valence-electron chi connectivity index (χ2n) is 14.2. The van der Waals surface area contributed by atoms with Crippen LogP contribution in [0.25, 0.3) is 10.9 Å². The SMILES string of the molecule is C[C@@H](O)[C@H](NC(=O)[C@H](CCCN)NC(=O)[C@@H](Cc1c[nH]c2ccccc12)NC(=O)[C@H](Cc1ccc(O)cc1)NC(=O)[C@H](CS)NC(=O)[C@H](N)Cc1ccccc1)C(N)=O. The smallest absolute Gasteiger partial charge is 0.244 e. The number of nitrogens with one attached hydrogen (secondary N) is 6. The number of benzene rings is 3. The minimum Gasteiger partial charge on any atom is -0.508 e. The number of H-pyrrole nitrogens is 1. The molecule has 3 aromatic carbocycles. The maximum absolute atomic E-state index is 14.3. The molecular weight excluding hydrogens is 779 g/mol. The summed E-state index contributed by atoms with van der Waals surface area (Å²) in [4.78, 5) is 83.9. The molecule has 0 radical (unpaired) electrons. The van der Waals surface area contributed by atoms with Gasteiger partial charge in [-0.2, -0.15) is 12.6 Å². The van der Waals surface area contributed by atoms with Crippen LogP contribution in [0.5, 0.6) is 5.75 Å². The summed E-state index contributed by atoms with van der Waals surface area (Å²) >= 11 is 4.28. The van der Waals surface area contributed by atoms with Crippen LogP contribution in [0, 0.1) is 0 Å². The highest BCUT2D eigenvalue weighted by Gasteiger charge is 2.34. The Balaban J connectivity index is 1.61. The molecule has 14 N–H and O–H groups in total. The average molecular weight is 832 g/mol. The largest absolute Gasteiger partial charge is 0.508 e. The molecule has 0 aliphatic rings. The van der Waals surface area contributed by atoms with Gasteiger partial charge in [0.05, 0.1) is 12.1 Å². The summed E-state index contributed by atoms with van der Waals surface area (Å²) in [6.45, 7) is 1.44. The number of carbonyl (C=O) groups is 6. The Labute approximate surface area is 347 Å². The molecule has 0 fully saturated rings. The molecule has 0 saturated heterocycles. The Bertz CT molecular complexity index is 2050. The molecule has 0 aliphatic heterocycles. The normalized spacial score (nSPS) is 14.7. The predicted molar refractivity (Wildman–Crippen MR) is 225 cm³/mol. The highest BCUT2D eigenvalue weighted by Crippen LogP contribution is 2.20. The van der Waals surface area contributed by atoms with Crippen LogP contribution in [0.2, 0.25) is 0 Å². The quantitative estimate of drug-likeness (QED) is 0.0437. The van der Waals surface area contributed by atoms with E-state index < -0.39 is 77.8 Å². The lowest BCUT2D eigenvalue weighted by Crippen LogP contribution is -2.61. The monoisotopic (exact) mass is 831 g/mol. The number of aromatic amines is 1. The third-order valence-electron chi connectivity index (χ3n) is 9.61. The lowest BCUT2D eigenvalue weighted by atomic mass is 10.0. The number of amides is 6. The Morgan fingerprint density at radius 2 is 1.24 bits per heavy atom. The van der Waals surface area contributed by atoms with E-state index in [1.807, 2.05) is 54.6 Å². The van der Waals surface area contributed by atoms with E-state index in [2.05, 4.69) is 44.2 Å². The van der Waals surface area contributed by atoms with Crippen molar-refractivity contribution in [3.8, 4) is 5.75 Å². The van der Waals surface area contributed by atoms with Gasteiger partial charge in [-0.1, -0.05) is 60.7 Å². The van der Waals surface area contributed by atoms with Crippen LogP contribution in [-0.4, -0.2) is 105 Å². The molecule has 0 aliphatic carbocycles. The van der Waals surface area contributed by atoms with Gasteiger partial charge in [0, 0.05) is 35.7 Å². The second-order valence-corrected chi connectivity index (χ2v) is 14.6. The fourth-order valence-electron chi connectivity index (χ4n) is 6.33. The molecule has 0 saturated carbocycles. The fourth-order valence-corrected chi connectivity index (χ4v) is 6.59. The average Bonchev–Trinajstić information content (AvgIpc) is 3.62. The third-order valence-corrected chi connectivity index (χ3v) is 9.97. The maximum Gasteiger partial charge on any atom is 0.244 e. The van der Waals surface area contributed by atoms with Gasteiger partial charge in [-0.3, -0.25) is 28.8 Å². The Morgan fingerprint density at radius 3 is 1.85 bits per heavy atom. The third kappa shape index (κ3) is 13.6. The highest BCUT2D eigenvalue weighted by atomic mass is 32.1. The number of fused-ring (bicyclic) bond motifs is 1. The van der Waals surface area contributed by atoms with E-state index in [0.717, 1.165) is 16.5 Å². The number of carbonyl (C=O) groups excluding carboxylic acids is 6. The Hall–Kier alpha value is -5.95. The molecule has 4 aromatic rings. The van der Waals surface area contributed by atoms with Gasteiger partial charge in [0.15, 0.2) is 0 Å². The topological polar surface area (TPSA) is 297 Å². The van der Waals surface area contributed by atoms with Crippen LogP contribution in [0.3, 0.4) is 0 Å². The first-order chi connectivity index (χ1) is 28.2. The van der Waals surface area contributed by atoms with Crippen LogP contribution >= 0.6 is 12.6 Å². The van der Waals surface area contributed by atoms with Crippen molar-refractivity contribution in [2.24, 2.45) is 17.2 Å². The number of aliphatic hydroxyl groups excluding tert-OH is 1. The summed E-state index contributed by atoms with van der Waals surface area (Å²) in [5.74, 6) is -4.90. The number of primary amides is 1. The van der Waals surface area contributed by atoms with Crippen LogP contribution in [0.15, 0.2) is 85.1 Å². The molecule has 0 bridgehead atoms. The van der Waals surface area contributed by atoms with Crippen molar-refractivity contribution in [3.05, 3.63) is 102 Å². The molecule has 18 heteroatoms. The number of nitrogens with two attached hydrogens (primary N) is 3. The van der Waals surface area contributed by atoms with Crippen LogP contribution in [0.1, 0.15) is 36.5 Å². The van der Waals surface area contributed by atoms with E-state index in [-0.39, 0.29) is 50.2 Å². The minimum absolute atomic E-state index is 0.0252. The van der Waals surface area contributed by atoms with Crippen molar-refractivity contribution in [2.45, 2.75) is 81.4 Å². The number of aromatic hydroxyl groups is 1. The maximum atomic E-state index is 14.3. The summed E-state index contributed by atoms with van der Waals surface area (Å²) in [6.07, 6.45) is 0.716. The van der Waals surface area contributed by atoms with Crippen LogP contribution < -0.4 is 43.8 Å². The number of phenolic OH excluding ortho intramolecular Hbond substituents is 1. The summed E-state index contributed by atoms with van der Waals surface area (Å²) in [7, 11) is 0. The molecule has 0 spiro atoms. The highest BCUT2D eigenvalue weighted by molar-refractivity contribution is 7.80. The number of aromatic nitrogens is 1. The first-order valence-corrected chi connectivity index (χ1v) is 19.8. The molecule has 4 rings (SSSR count). The molecule has 0 unspecified atom stereocenters. The lowest BCUT2D eigenvalue weighted by Gasteiger charge is -2.27. The first-order valence-electron chi connectivity index (χ1n) is 19.1. The number of para-hydroxylation sites is 1. The van der Waals surface area contributed by atoms with Crippen molar-refractivity contribution in [1.82, 2.24) is 31.6 Å². The number of phenols is 1. The Kier molecular flexibility index (Phi) is 17.3. The molecule has 17 nitrogen and oxygen atoms in total. The van der Waals surface area contributed by atoms with Gasteiger partial charge in [0.2, 0.25) is 35.4 Å². The van der Waals surface area contributed by atoms with E-state index in [4.69, 9.17) is 17.2 Å². The van der Waals surface area contributed by atoms with Gasteiger partial charge >= 0.3 is 0 Å². The van der Waals surface area contributed by atoms with E-state index in [1.165, 1.54) is 19.1 Å². The number of rotatable bonds is 22. The number of hydrogen-bond donors (Lipinski definition) is 12. The van der Waals surface area contributed by atoms with E-state index in [9.17, 15) is 39.0 Å². The van der Waals surface area contributed by atoms with Crippen molar-refractivity contribution < 1.29 is 39.0 Å². The molecule has 1 heterocycles. The first kappa shape index (κ1) is 45.7. The van der Waals surface area contributed by atoms with Crippen molar-refractivity contribution in [2.75, 3.05) is 12.3 Å². The number of hydrogen-bond acceptors (Lipinski definition) is 11. The summed E-state index contributed by atoms with van der Waals surface area (Å²) in [6, 6.07) is 14.8. The van der Waals surface area contributed by atoms with E-state index >= 15 is 0 Å². The van der Waals surface area contributed by atoms with Gasteiger partial charge < -0.3 is 59.0 Å². The molecule has 1 aromatic heterocycles. The van der Waals surface area contributed by atoms with Gasteiger partial charge in [0.25, 0.3) is 0 Å². The standard InChI is InChI=1S/C41H53N9O8S/c1-23(51)35(36(44)53)50-38(55)31(12-7-17-42)46-40(57)33(20-26-21-45-30-11-6-5-10-28(26)30)48-39(56)32(19-25-13-15-27(52)16-14-25)47-41(58)34(22-59)49-37(54)29(43)18-24-8-3-2-4-9-24/h2-6,8-11,13-16,21,23,29,31-35,45,51-52,59H,7,12,17-20,22,42-43H2,1H3,(H2,44,53)(H,46,57)(H,47,58)(H,48,56)(H,49,54)(H,50,55)/t23-,29-,31+,32+,33-,34+,35+/m1/s1. The molecular formula is C41H53N9O8S. The fraction of sp³-hybridized carbons (Fsp3) is 0.366. The number of thiol groups is 1. The van der Waals surface area contributed by atoms with Crippen molar-refractivity contribution in [1.29, 1.82) is 0 Å². The van der Waals surface area contributed by atoms with Crippen molar-refractivity contribution >= 4 is 59.0 Å². The zero-order valence-electron chi connectivity index (χ0n) is 32.6. The lowest BCUT2D eigenvalue weighted by molar-refractivity contribution is -0.135. The molecule has 316 valence electrons. The summed E-state index contributed by atoms with van der Waals surface area (Å²) < 4.78 is 0. The van der Waals surface area contributed by atoms with E-state index in [0.29, 0.717) is 11.1 Å². The zero-order valence-corrected chi connectivity index (χ0v) is 33.5. The van der Waals surface area contributed by atoms with Gasteiger partial charge in [0.1, 0.15) is 36.0 Å². The van der Waals surface area contributed by atoms with E-state index in [1.54, 1.807) is 18.3 Å². The van der Waals surface area contributed by atoms with Crippen LogP contribution in [-0.2, 0) is 48.0 Å². The summed E-state index contributed by atoms with van der Waals surface area (Å²) in [5.41, 5.74) is 20.0. The molecule has 7 atom stereocenters. The predicted octanol–water partition coefficient (Wildman–Crippen LogP) is -0.812. The zero-order chi connectivity index (χ0) is 43.1. The number of aliphatic hydroxyl groups is 1. The van der Waals surface area contributed by atoms with Crippen molar-refractivity contribution in [3.63, 3.8) is 0 Å². The van der Waals surface area contributed by atoms with Gasteiger partial charge in [-0.25, -0.2) is 0 Å². The minimum atomic E-state index is -1.45. The van der Waals surface area contributed by atoms with Gasteiger partial charge in [-0.05, 0) is 67.6 Å². The van der Waals surface area contributed by atoms with Crippen LogP contribution in [0.4, 0.5) is 0 Å². The Morgan fingerprint density at radius 1 is 0.695 bits per heavy atom. The van der Waals surface area contributed by atoms with Gasteiger partial charge in [-0.15, -0.1) is 0 Å². The summed E-state index contributed by atoms with van der Waals surface area (Å²) in [5, 5.41) is 33.8. The molecule has 6 amide bonds. The molecule has 59 heavy (non-hydrogen) atoms. The second kappa shape index (κ2) is 22.3.